The molecule has 1 unspecified atom stereocenters. The third-order valence-electron chi connectivity index (χ3n) is 2.77. The van der Waals surface area contributed by atoms with E-state index in [2.05, 4.69) is 4.72 Å². The minimum absolute atomic E-state index is 0.206. The Morgan fingerprint density at radius 3 is 2.89 bits per heavy atom. The number of benzene rings is 1. The summed E-state index contributed by atoms with van der Waals surface area (Å²) in [5.41, 5.74) is 5.59. The van der Waals surface area contributed by atoms with Gasteiger partial charge in [-0.25, -0.2) is 17.5 Å². The van der Waals surface area contributed by atoms with E-state index in [0.29, 0.717) is 6.54 Å². The minimum atomic E-state index is -3.79. The molecule has 1 aromatic rings. The lowest BCUT2D eigenvalue weighted by Crippen LogP contribution is -2.30. The Morgan fingerprint density at radius 2 is 2.28 bits per heavy atom. The second kappa shape index (κ2) is 5.46. The Kier molecular flexibility index (Phi) is 4.14. The van der Waals surface area contributed by atoms with Crippen LogP contribution in [-0.4, -0.2) is 26.0 Å². The molecule has 0 radical (unpaired) electrons. The molecule has 2 rings (SSSR count). The van der Waals surface area contributed by atoms with Gasteiger partial charge in [-0.3, -0.25) is 0 Å². The molecule has 0 spiro atoms. The van der Waals surface area contributed by atoms with Gasteiger partial charge in [-0.1, -0.05) is 0 Å². The molecular weight excluding hydrogens is 275 g/mol. The summed E-state index contributed by atoms with van der Waals surface area (Å²) in [5.74, 6) is 0.240. The first-order valence-electron chi connectivity index (χ1n) is 5.65. The van der Waals surface area contributed by atoms with Crippen LogP contribution in [0, 0.1) is 5.82 Å². The monoisotopic (exact) mass is 290 g/mol. The third kappa shape index (κ3) is 3.15. The quantitative estimate of drug-likeness (QED) is 0.826. The maximum atomic E-state index is 13.5. The van der Waals surface area contributed by atoms with E-state index in [-0.39, 0.29) is 15.8 Å². The summed E-state index contributed by atoms with van der Waals surface area (Å²) in [6.45, 7) is 0.344. The Morgan fingerprint density at radius 1 is 1.50 bits per heavy atom. The number of nitrogen functional groups attached to an aromatic ring is 1. The Bertz CT molecular complexity index is 528. The molecular formula is C11H15FN2O2S2. The Balaban J connectivity index is 2.09. The zero-order valence-electron chi connectivity index (χ0n) is 9.73. The molecule has 0 saturated carbocycles. The van der Waals surface area contributed by atoms with Gasteiger partial charge in [-0.05, 0) is 36.8 Å². The van der Waals surface area contributed by atoms with Crippen molar-refractivity contribution in [3.05, 3.63) is 24.0 Å². The minimum Gasteiger partial charge on any atom is -0.399 e. The van der Waals surface area contributed by atoms with E-state index in [1.165, 1.54) is 12.1 Å². The van der Waals surface area contributed by atoms with Crippen LogP contribution in [0.5, 0.6) is 0 Å². The van der Waals surface area contributed by atoms with E-state index in [1.54, 1.807) is 11.8 Å². The average Bonchev–Trinajstić information content (AvgIpc) is 2.78. The molecule has 0 amide bonds. The van der Waals surface area contributed by atoms with Crippen LogP contribution in [0.2, 0.25) is 0 Å². The summed E-state index contributed by atoms with van der Waals surface area (Å²) in [6.07, 6.45) is 2.10. The molecule has 7 heteroatoms. The first-order chi connectivity index (χ1) is 8.49. The molecule has 0 aromatic heterocycles. The molecule has 4 nitrogen and oxygen atoms in total. The van der Waals surface area contributed by atoms with E-state index in [4.69, 9.17) is 5.73 Å². The van der Waals surface area contributed by atoms with Gasteiger partial charge in [-0.2, -0.15) is 11.8 Å². The lowest BCUT2D eigenvalue weighted by Gasteiger charge is -2.11. The molecule has 1 fully saturated rings. The van der Waals surface area contributed by atoms with Gasteiger partial charge in [0.1, 0.15) is 10.7 Å². The fourth-order valence-corrected chi connectivity index (χ4v) is 4.27. The Hall–Kier alpha value is -0.790. The van der Waals surface area contributed by atoms with Crippen molar-refractivity contribution in [2.75, 3.05) is 18.0 Å². The first kappa shape index (κ1) is 13.6. The summed E-state index contributed by atoms with van der Waals surface area (Å²) >= 11 is 1.74. The maximum absolute atomic E-state index is 13.5. The number of thioether (sulfide) groups is 1. The lowest BCUT2D eigenvalue weighted by atomic mass is 10.2. The topological polar surface area (TPSA) is 72.2 Å². The number of hydrogen-bond acceptors (Lipinski definition) is 4. The molecule has 1 atom stereocenters. The summed E-state index contributed by atoms with van der Waals surface area (Å²) in [5, 5.41) is 0.289. The van der Waals surface area contributed by atoms with Gasteiger partial charge in [0.05, 0.1) is 0 Å². The predicted octanol–water partition coefficient (Wildman–Crippen LogP) is 1.58. The average molecular weight is 290 g/mol. The molecule has 1 aromatic carbocycles. The molecule has 1 heterocycles. The van der Waals surface area contributed by atoms with Gasteiger partial charge < -0.3 is 5.73 Å². The molecule has 1 aliphatic rings. The zero-order chi connectivity index (χ0) is 13.2. The van der Waals surface area contributed by atoms with Crippen molar-refractivity contribution >= 4 is 27.5 Å². The molecule has 0 aliphatic carbocycles. The second-order valence-corrected chi connectivity index (χ2v) is 7.32. The standard InChI is InChI=1S/C11H15FN2O2S2/c12-10-6-8(13)3-4-11(10)18(15,16)14-7-9-2-1-5-17-9/h3-4,6,9,14H,1-2,5,7,13H2. The summed E-state index contributed by atoms with van der Waals surface area (Å²) in [4.78, 5) is -0.348. The first-order valence-corrected chi connectivity index (χ1v) is 8.18. The fraction of sp³-hybridized carbons (Fsp3) is 0.455. The van der Waals surface area contributed by atoms with Crippen LogP contribution >= 0.6 is 11.8 Å². The number of nitrogens with two attached hydrogens (primary N) is 1. The number of nitrogens with one attached hydrogen (secondary N) is 1. The van der Waals surface area contributed by atoms with Gasteiger partial charge in [0.15, 0.2) is 0 Å². The van der Waals surface area contributed by atoms with Crippen molar-refractivity contribution in [2.24, 2.45) is 0 Å². The Labute approximate surface area is 110 Å². The van der Waals surface area contributed by atoms with Crippen molar-refractivity contribution in [1.29, 1.82) is 0 Å². The van der Waals surface area contributed by atoms with E-state index < -0.39 is 15.8 Å². The number of halogens is 1. The highest BCUT2D eigenvalue weighted by atomic mass is 32.2. The van der Waals surface area contributed by atoms with Gasteiger partial charge >= 0.3 is 0 Å². The van der Waals surface area contributed by atoms with Gasteiger partial charge in [0.2, 0.25) is 10.0 Å². The number of hydrogen-bond donors (Lipinski definition) is 2. The highest BCUT2D eigenvalue weighted by Gasteiger charge is 2.22. The summed E-state index contributed by atoms with van der Waals surface area (Å²) < 4.78 is 39.8. The normalized spacial score (nSPS) is 20.2. The van der Waals surface area contributed by atoms with E-state index in [1.807, 2.05) is 0 Å². The lowest BCUT2D eigenvalue weighted by molar-refractivity contribution is 0.556. The largest absolute Gasteiger partial charge is 0.399 e. The highest BCUT2D eigenvalue weighted by molar-refractivity contribution is 8.00. The van der Waals surface area contributed by atoms with Gasteiger partial charge in [-0.15, -0.1) is 0 Å². The number of rotatable bonds is 4. The van der Waals surface area contributed by atoms with Crippen molar-refractivity contribution in [1.82, 2.24) is 4.72 Å². The van der Waals surface area contributed by atoms with Crippen LogP contribution in [0.1, 0.15) is 12.8 Å². The van der Waals surface area contributed by atoms with Crippen molar-refractivity contribution < 1.29 is 12.8 Å². The van der Waals surface area contributed by atoms with Crippen molar-refractivity contribution in [3.63, 3.8) is 0 Å². The van der Waals surface area contributed by atoms with E-state index in [9.17, 15) is 12.8 Å². The molecule has 18 heavy (non-hydrogen) atoms. The fourth-order valence-electron chi connectivity index (χ4n) is 1.82. The van der Waals surface area contributed by atoms with Gasteiger partial charge in [0, 0.05) is 17.5 Å². The maximum Gasteiger partial charge on any atom is 0.243 e. The van der Waals surface area contributed by atoms with Crippen LogP contribution in [0.15, 0.2) is 23.1 Å². The zero-order valence-corrected chi connectivity index (χ0v) is 11.4. The van der Waals surface area contributed by atoms with Crippen molar-refractivity contribution in [2.45, 2.75) is 23.0 Å². The molecule has 100 valence electrons. The SMILES string of the molecule is Nc1ccc(S(=O)(=O)NCC2CCCS2)c(F)c1. The van der Waals surface area contributed by atoms with Crippen molar-refractivity contribution in [3.8, 4) is 0 Å². The molecule has 1 aliphatic heterocycles. The van der Waals surface area contributed by atoms with Crippen LogP contribution in [0.3, 0.4) is 0 Å². The van der Waals surface area contributed by atoms with E-state index >= 15 is 0 Å². The second-order valence-electron chi connectivity index (χ2n) is 4.18. The number of sulfonamides is 1. The summed E-state index contributed by atoms with van der Waals surface area (Å²) in [7, 11) is -3.79. The van der Waals surface area contributed by atoms with Crippen LogP contribution < -0.4 is 10.5 Å². The van der Waals surface area contributed by atoms with Crippen LogP contribution in [-0.2, 0) is 10.0 Å². The van der Waals surface area contributed by atoms with E-state index in [0.717, 1.165) is 24.7 Å². The van der Waals surface area contributed by atoms with Crippen LogP contribution in [0.25, 0.3) is 0 Å². The number of anilines is 1. The van der Waals surface area contributed by atoms with Gasteiger partial charge in [0.25, 0.3) is 0 Å². The molecule has 1 saturated heterocycles. The molecule has 3 N–H and O–H groups in total. The molecule has 0 bridgehead atoms. The predicted molar refractivity (Wildman–Crippen MR) is 71.5 cm³/mol. The summed E-state index contributed by atoms with van der Waals surface area (Å²) in [6, 6.07) is 3.58. The smallest absolute Gasteiger partial charge is 0.243 e. The third-order valence-corrected chi connectivity index (χ3v) is 5.63. The van der Waals surface area contributed by atoms with Crippen LogP contribution in [0.4, 0.5) is 10.1 Å². The highest BCUT2D eigenvalue weighted by Crippen LogP contribution is 2.26.